The van der Waals surface area contributed by atoms with Crippen LogP contribution in [0.15, 0.2) is 48.5 Å². The van der Waals surface area contributed by atoms with Crippen molar-refractivity contribution >= 4 is 39.1 Å². The largest absolute Gasteiger partial charge is 0.350 e. The van der Waals surface area contributed by atoms with Gasteiger partial charge in [0, 0.05) is 30.1 Å². The summed E-state index contributed by atoms with van der Waals surface area (Å²) in [6.45, 7) is 7.37. The maximum Gasteiger partial charge on any atom is 0.242 e. The normalized spacial score (nSPS) is 12.7. The topological polar surface area (TPSA) is 86.8 Å². The lowest BCUT2D eigenvalue weighted by molar-refractivity contribution is -0.141. The fourth-order valence-corrected chi connectivity index (χ4v) is 4.64. The fourth-order valence-electron chi connectivity index (χ4n) is 3.48. The van der Waals surface area contributed by atoms with E-state index in [1.54, 1.807) is 31.2 Å². The van der Waals surface area contributed by atoms with Gasteiger partial charge in [0.1, 0.15) is 11.9 Å². The predicted molar refractivity (Wildman–Crippen MR) is 137 cm³/mol. The molecule has 0 aliphatic heterocycles. The van der Waals surface area contributed by atoms with E-state index >= 15 is 0 Å². The summed E-state index contributed by atoms with van der Waals surface area (Å²) in [4.78, 5) is 27.6. The average Bonchev–Trinajstić information content (AvgIpc) is 2.74. The van der Waals surface area contributed by atoms with Crippen molar-refractivity contribution in [2.45, 2.75) is 58.7 Å². The Morgan fingerprint density at radius 1 is 1.09 bits per heavy atom. The van der Waals surface area contributed by atoms with Crippen molar-refractivity contribution < 1.29 is 22.4 Å². The molecule has 2 amide bonds. The number of benzene rings is 2. The van der Waals surface area contributed by atoms with E-state index in [0.29, 0.717) is 16.3 Å². The van der Waals surface area contributed by atoms with Crippen molar-refractivity contribution in [3.8, 4) is 0 Å². The molecule has 10 heteroatoms. The van der Waals surface area contributed by atoms with Crippen molar-refractivity contribution in [3.05, 3.63) is 64.9 Å². The summed E-state index contributed by atoms with van der Waals surface area (Å²) in [6.07, 6.45) is 1.27. The number of nitrogens with one attached hydrogen (secondary N) is 1. The van der Waals surface area contributed by atoms with Crippen LogP contribution in [0.5, 0.6) is 0 Å². The van der Waals surface area contributed by atoms with Gasteiger partial charge >= 0.3 is 0 Å². The highest BCUT2D eigenvalue weighted by molar-refractivity contribution is 7.92. The summed E-state index contributed by atoms with van der Waals surface area (Å²) in [7, 11) is -3.65. The van der Waals surface area contributed by atoms with Crippen LogP contribution >= 0.6 is 11.6 Å². The molecule has 192 valence electrons. The van der Waals surface area contributed by atoms with Gasteiger partial charge in [-0.2, -0.15) is 0 Å². The number of rotatable bonds is 10. The number of nitrogens with zero attached hydrogens (tertiary/aromatic N) is 2. The molecule has 0 spiro atoms. The van der Waals surface area contributed by atoms with Crippen molar-refractivity contribution in [1.29, 1.82) is 0 Å². The van der Waals surface area contributed by atoms with Crippen LogP contribution in [-0.4, -0.2) is 49.5 Å². The molecule has 0 aliphatic rings. The molecule has 2 aromatic carbocycles. The minimum atomic E-state index is -3.65. The third-order valence-corrected chi connectivity index (χ3v) is 6.79. The molecule has 35 heavy (non-hydrogen) atoms. The highest BCUT2D eigenvalue weighted by atomic mass is 35.5. The van der Waals surface area contributed by atoms with E-state index < -0.39 is 27.4 Å². The van der Waals surface area contributed by atoms with E-state index in [1.807, 2.05) is 20.8 Å². The SMILES string of the molecule is C[C@@H](C(=O)NC(C)(C)C)N(Cc1ccccc1Cl)C(=O)CCCN(c1ccc(F)cc1)S(C)(=O)=O. The molecule has 0 aliphatic carbocycles. The zero-order valence-corrected chi connectivity index (χ0v) is 22.3. The Bertz CT molecular complexity index is 1130. The fraction of sp³-hybridized carbons (Fsp3) is 0.440. The second kappa shape index (κ2) is 11.9. The highest BCUT2D eigenvalue weighted by Gasteiger charge is 2.29. The highest BCUT2D eigenvalue weighted by Crippen LogP contribution is 2.21. The minimum Gasteiger partial charge on any atom is -0.350 e. The van der Waals surface area contributed by atoms with E-state index in [2.05, 4.69) is 5.32 Å². The van der Waals surface area contributed by atoms with Crippen LogP contribution in [0.4, 0.5) is 10.1 Å². The van der Waals surface area contributed by atoms with Crippen molar-refractivity contribution in [3.63, 3.8) is 0 Å². The first kappa shape index (κ1) is 28.6. The van der Waals surface area contributed by atoms with Crippen LogP contribution in [0.2, 0.25) is 5.02 Å². The summed E-state index contributed by atoms with van der Waals surface area (Å²) >= 11 is 6.30. The van der Waals surface area contributed by atoms with Gasteiger partial charge in [-0.1, -0.05) is 29.8 Å². The van der Waals surface area contributed by atoms with Gasteiger partial charge in [-0.25, -0.2) is 12.8 Å². The summed E-state index contributed by atoms with van der Waals surface area (Å²) in [5.74, 6) is -1.09. The first-order chi connectivity index (χ1) is 16.2. The number of anilines is 1. The maximum absolute atomic E-state index is 13.3. The second-order valence-corrected chi connectivity index (χ2v) is 11.8. The van der Waals surface area contributed by atoms with Crippen LogP contribution in [0.3, 0.4) is 0 Å². The predicted octanol–water partition coefficient (Wildman–Crippen LogP) is 4.36. The Hall–Kier alpha value is -2.65. The molecular weight excluding hydrogens is 493 g/mol. The lowest BCUT2D eigenvalue weighted by Gasteiger charge is -2.32. The lowest BCUT2D eigenvalue weighted by atomic mass is 10.1. The smallest absolute Gasteiger partial charge is 0.242 e. The van der Waals surface area contributed by atoms with E-state index in [4.69, 9.17) is 11.6 Å². The zero-order chi connectivity index (χ0) is 26.4. The molecule has 0 unspecified atom stereocenters. The average molecular weight is 526 g/mol. The van der Waals surface area contributed by atoms with Crippen LogP contribution in [0.25, 0.3) is 0 Å². The Morgan fingerprint density at radius 3 is 2.23 bits per heavy atom. The molecule has 0 radical (unpaired) electrons. The van der Waals surface area contributed by atoms with Crippen molar-refractivity contribution in [1.82, 2.24) is 10.2 Å². The second-order valence-electron chi connectivity index (χ2n) is 9.44. The molecule has 2 aromatic rings. The number of sulfonamides is 1. The van der Waals surface area contributed by atoms with Crippen LogP contribution in [-0.2, 0) is 26.2 Å². The Balaban J connectivity index is 2.19. The van der Waals surface area contributed by atoms with Gasteiger partial charge in [0.2, 0.25) is 21.8 Å². The molecule has 0 saturated heterocycles. The van der Waals surface area contributed by atoms with E-state index in [-0.39, 0.29) is 37.7 Å². The number of halogens is 2. The molecule has 1 atom stereocenters. The van der Waals surface area contributed by atoms with E-state index in [9.17, 15) is 22.4 Å². The molecule has 0 heterocycles. The maximum atomic E-state index is 13.3. The molecule has 1 N–H and O–H groups in total. The van der Waals surface area contributed by atoms with Crippen LogP contribution in [0, 0.1) is 5.82 Å². The summed E-state index contributed by atoms with van der Waals surface area (Å²) in [6, 6.07) is 11.4. The number of carbonyl (C=O) groups is 2. The van der Waals surface area contributed by atoms with Gasteiger partial charge in [-0.15, -0.1) is 0 Å². The lowest BCUT2D eigenvalue weighted by Crippen LogP contribution is -2.52. The summed E-state index contributed by atoms with van der Waals surface area (Å²) < 4.78 is 39.0. The Morgan fingerprint density at radius 2 is 1.69 bits per heavy atom. The minimum absolute atomic E-state index is 0.00477. The van der Waals surface area contributed by atoms with Crippen LogP contribution < -0.4 is 9.62 Å². The van der Waals surface area contributed by atoms with Gasteiger partial charge in [0.25, 0.3) is 0 Å². The quantitative estimate of drug-likeness (QED) is 0.499. The zero-order valence-electron chi connectivity index (χ0n) is 20.7. The molecule has 0 aromatic heterocycles. The van der Waals surface area contributed by atoms with Crippen molar-refractivity contribution in [2.24, 2.45) is 0 Å². The number of hydrogen-bond donors (Lipinski definition) is 1. The standard InChI is InChI=1S/C25H33ClFN3O4S/c1-18(24(32)28-25(2,3)4)29(17-19-9-6-7-10-22(19)26)23(31)11-8-16-30(35(5,33)34)21-14-12-20(27)13-15-21/h6-7,9-10,12-15,18H,8,11,16-17H2,1-5H3,(H,28,32)/t18-/m0/s1. The van der Waals surface area contributed by atoms with E-state index in [1.165, 1.54) is 29.2 Å². The van der Waals surface area contributed by atoms with Gasteiger partial charge in [0.15, 0.2) is 0 Å². The monoisotopic (exact) mass is 525 g/mol. The molecule has 0 saturated carbocycles. The van der Waals surface area contributed by atoms with Gasteiger partial charge in [-0.3, -0.25) is 13.9 Å². The number of amides is 2. The van der Waals surface area contributed by atoms with Gasteiger partial charge in [0.05, 0.1) is 11.9 Å². The van der Waals surface area contributed by atoms with Gasteiger partial charge < -0.3 is 10.2 Å². The Kier molecular flexibility index (Phi) is 9.68. The van der Waals surface area contributed by atoms with Crippen LogP contribution in [0.1, 0.15) is 46.1 Å². The molecule has 7 nitrogen and oxygen atoms in total. The first-order valence-corrected chi connectivity index (χ1v) is 13.5. The number of carbonyl (C=O) groups excluding carboxylic acids is 2. The third-order valence-electron chi connectivity index (χ3n) is 5.23. The Labute approximate surface area is 212 Å². The summed E-state index contributed by atoms with van der Waals surface area (Å²) in [5.41, 5.74) is 0.532. The third kappa shape index (κ3) is 8.81. The van der Waals surface area contributed by atoms with Gasteiger partial charge in [-0.05, 0) is 70.0 Å². The number of hydrogen-bond acceptors (Lipinski definition) is 4. The molecule has 0 bridgehead atoms. The molecule has 0 fully saturated rings. The molecular formula is C25H33ClFN3O4S. The van der Waals surface area contributed by atoms with E-state index in [0.717, 1.165) is 10.6 Å². The molecule has 2 rings (SSSR count). The van der Waals surface area contributed by atoms with Crippen molar-refractivity contribution in [2.75, 3.05) is 17.1 Å². The first-order valence-electron chi connectivity index (χ1n) is 11.3. The summed E-state index contributed by atoms with van der Waals surface area (Å²) in [5, 5.41) is 3.37.